The van der Waals surface area contributed by atoms with E-state index in [0.29, 0.717) is 19.4 Å². The number of aliphatic hydroxyl groups excluding tert-OH is 1. The Morgan fingerprint density at radius 1 is 0.970 bits per heavy atom. The van der Waals surface area contributed by atoms with Crippen LogP contribution in [-0.2, 0) is 23.7 Å². The van der Waals surface area contributed by atoms with Gasteiger partial charge in [0.1, 0.15) is 6.79 Å². The Hall–Kier alpha value is -0.950. The normalized spacial score (nSPS) is 20.4. The van der Waals surface area contributed by atoms with E-state index in [9.17, 15) is 9.90 Å². The summed E-state index contributed by atoms with van der Waals surface area (Å²) in [6, 6.07) is 0. The number of hydrogen-bond acceptors (Lipinski definition) is 6. The van der Waals surface area contributed by atoms with Crippen molar-refractivity contribution in [2.24, 2.45) is 0 Å². The molecule has 1 rings (SSSR count). The molecular weight excluding hydrogens is 420 g/mol. The first-order valence-corrected chi connectivity index (χ1v) is 13.4. The summed E-state index contributed by atoms with van der Waals surface area (Å²) < 4.78 is 22.1. The lowest BCUT2D eigenvalue weighted by atomic mass is 10.0. The third-order valence-electron chi connectivity index (χ3n) is 6.34. The fourth-order valence-corrected chi connectivity index (χ4v) is 4.43. The summed E-state index contributed by atoms with van der Waals surface area (Å²) in [6.45, 7) is 4.68. The molecule has 0 bridgehead atoms. The molecule has 0 aliphatic carbocycles. The number of allylic oxidation sites excluding steroid dienone is 1. The second kappa shape index (κ2) is 20.4. The highest BCUT2D eigenvalue weighted by molar-refractivity contribution is 5.81. The Labute approximate surface area is 202 Å². The first-order valence-electron chi connectivity index (χ1n) is 13.4. The van der Waals surface area contributed by atoms with Crippen LogP contribution in [0.3, 0.4) is 0 Å². The van der Waals surface area contributed by atoms with Gasteiger partial charge in [0, 0.05) is 13.2 Å². The van der Waals surface area contributed by atoms with Gasteiger partial charge in [0.2, 0.25) is 0 Å². The summed E-state index contributed by atoms with van der Waals surface area (Å²) in [5.41, 5.74) is 0. The van der Waals surface area contributed by atoms with Crippen molar-refractivity contribution in [3.63, 3.8) is 0 Å². The topological polar surface area (TPSA) is 74.2 Å². The van der Waals surface area contributed by atoms with Gasteiger partial charge in [-0.05, 0) is 39.0 Å². The van der Waals surface area contributed by atoms with Crippen molar-refractivity contribution in [2.45, 2.75) is 135 Å². The Morgan fingerprint density at radius 2 is 1.61 bits per heavy atom. The van der Waals surface area contributed by atoms with Gasteiger partial charge in [-0.1, -0.05) is 77.2 Å². The van der Waals surface area contributed by atoms with E-state index in [1.807, 2.05) is 0 Å². The van der Waals surface area contributed by atoms with Crippen molar-refractivity contribution in [3.05, 3.63) is 12.2 Å². The molecule has 1 aliphatic heterocycles. The first kappa shape index (κ1) is 30.1. The predicted molar refractivity (Wildman–Crippen MR) is 132 cm³/mol. The van der Waals surface area contributed by atoms with E-state index >= 15 is 0 Å². The van der Waals surface area contributed by atoms with Crippen molar-refractivity contribution in [1.82, 2.24) is 0 Å². The maximum absolute atomic E-state index is 11.3. The number of unbranched alkanes of at least 4 members (excludes halogenated alkanes) is 9. The van der Waals surface area contributed by atoms with Crippen LogP contribution < -0.4 is 0 Å². The van der Waals surface area contributed by atoms with Gasteiger partial charge in [0.05, 0.1) is 31.0 Å². The second-order valence-corrected chi connectivity index (χ2v) is 9.17. The maximum atomic E-state index is 11.3. The molecule has 0 unspecified atom stereocenters. The van der Waals surface area contributed by atoms with E-state index in [0.717, 1.165) is 25.7 Å². The van der Waals surface area contributed by atoms with E-state index in [2.05, 4.69) is 6.92 Å². The van der Waals surface area contributed by atoms with Crippen LogP contribution in [0.2, 0.25) is 0 Å². The van der Waals surface area contributed by atoms with Crippen LogP contribution in [0.15, 0.2) is 12.2 Å². The number of carbonyl (C=O) groups is 1. The van der Waals surface area contributed by atoms with Crippen molar-refractivity contribution in [3.8, 4) is 0 Å². The number of esters is 1. The van der Waals surface area contributed by atoms with Crippen LogP contribution in [0.1, 0.15) is 110 Å². The van der Waals surface area contributed by atoms with Crippen LogP contribution >= 0.6 is 0 Å². The maximum Gasteiger partial charge on any atom is 0.330 e. The van der Waals surface area contributed by atoms with Crippen molar-refractivity contribution < 1.29 is 28.8 Å². The Kier molecular flexibility index (Phi) is 18.6. The molecule has 33 heavy (non-hydrogen) atoms. The number of hydrogen-bond donors (Lipinski definition) is 1. The third-order valence-corrected chi connectivity index (χ3v) is 6.34. The molecular formula is C27H50O6. The number of ether oxygens (including phenoxy) is 4. The summed E-state index contributed by atoms with van der Waals surface area (Å²) in [5.74, 6) is -0.339. The van der Waals surface area contributed by atoms with Gasteiger partial charge < -0.3 is 24.1 Å². The molecule has 0 saturated carbocycles. The predicted octanol–water partition coefficient (Wildman–Crippen LogP) is 6.09. The monoisotopic (exact) mass is 470 g/mol. The Bertz CT molecular complexity index is 495. The van der Waals surface area contributed by atoms with E-state index in [1.165, 1.54) is 63.9 Å². The van der Waals surface area contributed by atoms with Gasteiger partial charge in [-0.25, -0.2) is 4.79 Å². The third kappa shape index (κ3) is 14.8. The van der Waals surface area contributed by atoms with Gasteiger partial charge in [0.25, 0.3) is 0 Å². The molecule has 1 N–H and O–H groups in total. The van der Waals surface area contributed by atoms with Crippen molar-refractivity contribution >= 4 is 5.97 Å². The smallest absolute Gasteiger partial charge is 0.330 e. The van der Waals surface area contributed by atoms with Crippen LogP contribution in [0.25, 0.3) is 0 Å². The first-order chi connectivity index (χ1) is 16.1. The quantitative estimate of drug-likeness (QED) is 0.0946. The minimum Gasteiger partial charge on any atom is -0.463 e. The zero-order chi connectivity index (χ0) is 24.2. The number of aliphatic hydroxyl groups is 1. The number of carbonyl (C=O) groups excluding carboxylic acids is 1. The molecule has 0 aromatic rings. The number of methoxy groups -OCH3 is 1. The molecule has 194 valence electrons. The van der Waals surface area contributed by atoms with E-state index < -0.39 is 6.10 Å². The molecule has 0 aromatic heterocycles. The molecule has 0 radical (unpaired) electrons. The van der Waals surface area contributed by atoms with Gasteiger partial charge >= 0.3 is 5.97 Å². The summed E-state index contributed by atoms with van der Waals surface area (Å²) in [6.07, 6.45) is 19.5. The van der Waals surface area contributed by atoms with E-state index in [4.69, 9.17) is 18.9 Å². The summed E-state index contributed by atoms with van der Waals surface area (Å²) in [7, 11) is 1.64. The lowest BCUT2D eigenvalue weighted by molar-refractivity contribution is -0.138. The molecule has 1 fully saturated rings. The Morgan fingerprint density at radius 3 is 2.24 bits per heavy atom. The molecule has 4 atom stereocenters. The lowest BCUT2D eigenvalue weighted by Gasteiger charge is -2.25. The zero-order valence-electron chi connectivity index (χ0n) is 21.5. The number of rotatable bonds is 21. The van der Waals surface area contributed by atoms with E-state index in [-0.39, 0.29) is 31.1 Å². The molecule has 6 heteroatoms. The van der Waals surface area contributed by atoms with Crippen LogP contribution in [-0.4, -0.2) is 56.0 Å². The fraction of sp³-hybridized carbons (Fsp3) is 0.889. The largest absolute Gasteiger partial charge is 0.463 e. The van der Waals surface area contributed by atoms with Gasteiger partial charge in [0.15, 0.2) is 0 Å². The fourth-order valence-electron chi connectivity index (χ4n) is 4.43. The zero-order valence-corrected chi connectivity index (χ0v) is 21.5. The second-order valence-electron chi connectivity index (χ2n) is 9.17. The summed E-state index contributed by atoms with van der Waals surface area (Å²) in [5, 5.41) is 10.5. The van der Waals surface area contributed by atoms with Crippen LogP contribution in [0.4, 0.5) is 0 Å². The summed E-state index contributed by atoms with van der Waals surface area (Å²) in [4.78, 5) is 11.3. The lowest BCUT2D eigenvalue weighted by Crippen LogP contribution is -2.33. The molecule has 0 spiro atoms. The highest BCUT2D eigenvalue weighted by Crippen LogP contribution is 2.29. The van der Waals surface area contributed by atoms with Crippen LogP contribution in [0, 0.1) is 0 Å². The van der Waals surface area contributed by atoms with Gasteiger partial charge in [-0.15, -0.1) is 0 Å². The van der Waals surface area contributed by atoms with E-state index in [1.54, 1.807) is 20.1 Å². The van der Waals surface area contributed by atoms with Gasteiger partial charge in [-0.3, -0.25) is 0 Å². The van der Waals surface area contributed by atoms with Crippen molar-refractivity contribution in [2.75, 3.05) is 20.5 Å². The van der Waals surface area contributed by atoms with Gasteiger partial charge in [-0.2, -0.15) is 0 Å². The Balaban J connectivity index is 2.25. The SMILES string of the molecule is CCCCCCCCCCCC[C@H](OCOC)[C@H]1CC[C@H]([C@H](O)CC/C=C/C(=O)OCC)O1. The highest BCUT2D eigenvalue weighted by atomic mass is 16.7. The standard InChI is InChI=1S/C27H50O6/c1-4-6-7-8-9-10-11-12-13-14-18-25(32-22-30-3)26-21-20-24(33-26)23(28)17-15-16-19-27(29)31-5-2/h16,19,23-26,28H,4-15,17-18,20-22H2,1-3H3/b19-16+/t23-,24-,25+,26-/m1/s1. The average Bonchev–Trinajstić information content (AvgIpc) is 3.30. The molecule has 1 aliphatic rings. The minimum atomic E-state index is -0.540. The summed E-state index contributed by atoms with van der Waals surface area (Å²) >= 11 is 0. The van der Waals surface area contributed by atoms with Crippen LogP contribution in [0.5, 0.6) is 0 Å². The van der Waals surface area contributed by atoms with Crippen molar-refractivity contribution in [1.29, 1.82) is 0 Å². The molecule has 0 aromatic carbocycles. The highest BCUT2D eigenvalue weighted by Gasteiger charge is 2.35. The minimum absolute atomic E-state index is 0.00781. The molecule has 1 heterocycles. The average molecular weight is 471 g/mol. The molecule has 6 nitrogen and oxygen atoms in total. The molecule has 0 amide bonds. The molecule has 1 saturated heterocycles.